The van der Waals surface area contributed by atoms with E-state index in [1.54, 1.807) is 7.11 Å². The molecule has 1 aromatic carbocycles. The number of rotatable bonds is 4. The average Bonchev–Trinajstić information content (AvgIpc) is 3.03. The lowest BCUT2D eigenvalue weighted by atomic mass is 9.94. The molecule has 1 aromatic rings. The smallest absolute Gasteiger partial charge is 0.246 e. The lowest BCUT2D eigenvalue weighted by Gasteiger charge is -2.34. The molecular formula is C17H23NO4. The molecule has 22 heavy (non-hydrogen) atoms. The number of hydrogen-bond donors (Lipinski definition) is 1. The molecule has 1 heterocycles. The Morgan fingerprint density at radius 1 is 1.27 bits per heavy atom. The highest BCUT2D eigenvalue weighted by atomic mass is 16.5. The molecule has 1 unspecified atom stereocenters. The first-order valence-electron chi connectivity index (χ1n) is 7.86. The zero-order valence-corrected chi connectivity index (χ0v) is 13.2. The number of morpholine rings is 1. The van der Waals surface area contributed by atoms with Gasteiger partial charge in [0.2, 0.25) is 5.91 Å². The monoisotopic (exact) mass is 305 g/mol. The van der Waals surface area contributed by atoms with Crippen LogP contribution in [0.1, 0.15) is 38.2 Å². The third-order valence-electron chi connectivity index (χ3n) is 4.51. The van der Waals surface area contributed by atoms with Crippen molar-refractivity contribution in [2.75, 3.05) is 20.3 Å². The summed E-state index contributed by atoms with van der Waals surface area (Å²) in [5.41, 5.74) is 0.454. The van der Waals surface area contributed by atoms with Gasteiger partial charge in [-0.25, -0.2) is 0 Å². The molecule has 1 amide bonds. The van der Waals surface area contributed by atoms with Gasteiger partial charge in [-0.2, -0.15) is 0 Å². The number of amides is 1. The van der Waals surface area contributed by atoms with Crippen molar-refractivity contribution in [2.45, 2.75) is 44.3 Å². The molecule has 5 nitrogen and oxygen atoms in total. The van der Waals surface area contributed by atoms with Crippen LogP contribution in [0.5, 0.6) is 11.5 Å². The highest BCUT2D eigenvalue weighted by Gasteiger charge is 2.33. The summed E-state index contributed by atoms with van der Waals surface area (Å²) in [6, 6.07) is 5.86. The van der Waals surface area contributed by atoms with E-state index in [0.717, 1.165) is 29.9 Å². The van der Waals surface area contributed by atoms with Crippen LogP contribution in [0.15, 0.2) is 18.2 Å². The molecule has 3 rings (SSSR count). The molecule has 1 atom stereocenters. The van der Waals surface area contributed by atoms with E-state index < -0.39 is 5.60 Å². The highest BCUT2D eigenvalue weighted by Crippen LogP contribution is 2.36. The van der Waals surface area contributed by atoms with Gasteiger partial charge in [-0.3, -0.25) is 4.79 Å². The molecule has 0 aromatic heterocycles. The lowest BCUT2D eigenvalue weighted by molar-refractivity contribution is -0.142. The standard InChI is InChI=1S/C17H23NO4/c1-17(11-18-16(19)10-21-17)12-7-8-14(20-2)15(9-12)22-13-5-3-4-6-13/h7-9,13H,3-6,10-11H2,1-2H3,(H,18,19). The van der Waals surface area contributed by atoms with Gasteiger partial charge < -0.3 is 19.5 Å². The van der Waals surface area contributed by atoms with Crippen LogP contribution in [0.3, 0.4) is 0 Å². The number of benzene rings is 1. The molecule has 1 saturated carbocycles. The maximum atomic E-state index is 11.3. The first-order chi connectivity index (χ1) is 10.6. The maximum absolute atomic E-state index is 11.3. The van der Waals surface area contributed by atoms with Gasteiger partial charge in [-0.15, -0.1) is 0 Å². The molecule has 1 aliphatic heterocycles. The van der Waals surface area contributed by atoms with Gasteiger partial charge >= 0.3 is 0 Å². The second-order valence-electron chi connectivity index (χ2n) is 6.19. The van der Waals surface area contributed by atoms with Gasteiger partial charge in [0, 0.05) is 0 Å². The molecule has 2 aliphatic rings. The number of nitrogens with one attached hydrogen (secondary N) is 1. The minimum Gasteiger partial charge on any atom is -0.493 e. The summed E-state index contributed by atoms with van der Waals surface area (Å²) in [5.74, 6) is 1.42. The van der Waals surface area contributed by atoms with Crippen LogP contribution in [0.2, 0.25) is 0 Å². The largest absolute Gasteiger partial charge is 0.493 e. The molecule has 0 bridgehead atoms. The lowest BCUT2D eigenvalue weighted by Crippen LogP contribution is -2.48. The molecular weight excluding hydrogens is 282 g/mol. The predicted molar refractivity (Wildman–Crippen MR) is 82.2 cm³/mol. The topological polar surface area (TPSA) is 56.8 Å². The Bertz CT molecular complexity index is 542. The van der Waals surface area contributed by atoms with E-state index in [-0.39, 0.29) is 18.6 Å². The van der Waals surface area contributed by atoms with Crippen LogP contribution in [0, 0.1) is 0 Å². The third-order valence-corrected chi connectivity index (χ3v) is 4.51. The summed E-state index contributed by atoms with van der Waals surface area (Å²) in [6.07, 6.45) is 4.90. The summed E-state index contributed by atoms with van der Waals surface area (Å²) in [6.45, 7) is 2.52. The van der Waals surface area contributed by atoms with E-state index >= 15 is 0 Å². The fourth-order valence-electron chi connectivity index (χ4n) is 3.06. The minimum atomic E-state index is -0.534. The predicted octanol–water partition coefficient (Wildman–Crippen LogP) is 2.38. The fraction of sp³-hybridized carbons (Fsp3) is 0.588. The Kier molecular flexibility index (Phi) is 4.25. The fourth-order valence-corrected chi connectivity index (χ4v) is 3.06. The van der Waals surface area contributed by atoms with E-state index in [1.807, 2.05) is 25.1 Å². The van der Waals surface area contributed by atoms with E-state index in [0.29, 0.717) is 6.54 Å². The molecule has 0 spiro atoms. The van der Waals surface area contributed by atoms with Gasteiger partial charge in [-0.1, -0.05) is 6.07 Å². The minimum absolute atomic E-state index is 0.0755. The Balaban J connectivity index is 1.84. The normalized spacial score (nSPS) is 25.8. The summed E-state index contributed by atoms with van der Waals surface area (Å²) >= 11 is 0. The van der Waals surface area contributed by atoms with Gasteiger partial charge in [0.25, 0.3) is 0 Å². The van der Waals surface area contributed by atoms with Crippen molar-refractivity contribution >= 4 is 5.91 Å². The van der Waals surface area contributed by atoms with Crippen LogP contribution in [0.4, 0.5) is 0 Å². The molecule has 0 radical (unpaired) electrons. The van der Waals surface area contributed by atoms with Crippen LogP contribution in [0.25, 0.3) is 0 Å². The first-order valence-corrected chi connectivity index (χ1v) is 7.86. The zero-order valence-electron chi connectivity index (χ0n) is 13.2. The summed E-state index contributed by atoms with van der Waals surface area (Å²) in [4.78, 5) is 11.3. The van der Waals surface area contributed by atoms with Crippen molar-refractivity contribution in [3.63, 3.8) is 0 Å². The third kappa shape index (κ3) is 3.04. The quantitative estimate of drug-likeness (QED) is 0.928. The molecule has 120 valence electrons. The second-order valence-corrected chi connectivity index (χ2v) is 6.19. The Morgan fingerprint density at radius 2 is 2.05 bits per heavy atom. The van der Waals surface area contributed by atoms with Crippen LogP contribution in [-0.2, 0) is 15.1 Å². The Hall–Kier alpha value is -1.75. The molecule has 5 heteroatoms. The Morgan fingerprint density at radius 3 is 2.68 bits per heavy atom. The van der Waals surface area contributed by atoms with Crippen LogP contribution >= 0.6 is 0 Å². The average molecular weight is 305 g/mol. The summed E-state index contributed by atoms with van der Waals surface area (Å²) < 4.78 is 17.3. The number of carbonyl (C=O) groups excluding carboxylic acids is 1. The SMILES string of the molecule is COc1ccc(C2(C)CNC(=O)CO2)cc1OC1CCCC1. The van der Waals surface area contributed by atoms with Crippen molar-refractivity contribution in [1.82, 2.24) is 5.32 Å². The molecule has 1 N–H and O–H groups in total. The number of hydrogen-bond acceptors (Lipinski definition) is 4. The van der Waals surface area contributed by atoms with Crippen LogP contribution < -0.4 is 14.8 Å². The maximum Gasteiger partial charge on any atom is 0.246 e. The van der Waals surface area contributed by atoms with Crippen molar-refractivity contribution < 1.29 is 19.0 Å². The van der Waals surface area contributed by atoms with Crippen molar-refractivity contribution in [3.05, 3.63) is 23.8 Å². The summed E-state index contributed by atoms with van der Waals surface area (Å²) in [5, 5.41) is 2.86. The van der Waals surface area contributed by atoms with Gasteiger partial charge in [0.15, 0.2) is 11.5 Å². The van der Waals surface area contributed by atoms with Crippen LogP contribution in [-0.4, -0.2) is 32.3 Å². The van der Waals surface area contributed by atoms with Gasteiger partial charge in [-0.05, 0) is 50.3 Å². The second kappa shape index (κ2) is 6.16. The van der Waals surface area contributed by atoms with Gasteiger partial charge in [0.1, 0.15) is 12.2 Å². The Labute approximate surface area is 130 Å². The van der Waals surface area contributed by atoms with Crippen molar-refractivity contribution in [2.24, 2.45) is 0 Å². The van der Waals surface area contributed by atoms with E-state index in [2.05, 4.69) is 5.32 Å². The van der Waals surface area contributed by atoms with Crippen molar-refractivity contribution in [3.8, 4) is 11.5 Å². The van der Waals surface area contributed by atoms with E-state index in [1.165, 1.54) is 12.8 Å². The first kappa shape index (κ1) is 15.2. The highest BCUT2D eigenvalue weighted by molar-refractivity contribution is 5.78. The van der Waals surface area contributed by atoms with E-state index in [9.17, 15) is 4.79 Å². The van der Waals surface area contributed by atoms with Crippen molar-refractivity contribution in [1.29, 1.82) is 0 Å². The van der Waals surface area contributed by atoms with Gasteiger partial charge in [0.05, 0.1) is 19.8 Å². The molecule has 1 saturated heterocycles. The van der Waals surface area contributed by atoms with E-state index in [4.69, 9.17) is 14.2 Å². The zero-order chi connectivity index (χ0) is 15.6. The summed E-state index contributed by atoms with van der Waals surface area (Å²) in [7, 11) is 1.65. The number of methoxy groups -OCH3 is 1. The molecule has 1 aliphatic carbocycles. The molecule has 2 fully saturated rings. The number of ether oxygens (including phenoxy) is 3. The number of carbonyl (C=O) groups is 1.